The zero-order valence-electron chi connectivity index (χ0n) is 61.4. The summed E-state index contributed by atoms with van der Waals surface area (Å²) in [7, 11) is 0. The Morgan fingerprint density at radius 1 is 0.386 bits per heavy atom. The van der Waals surface area contributed by atoms with Gasteiger partial charge in [-0.25, -0.2) is 9.59 Å². The van der Waals surface area contributed by atoms with Crippen LogP contribution in [0.5, 0.6) is 0 Å². The minimum absolute atomic E-state index is 0.222. The highest BCUT2D eigenvalue weighted by Crippen LogP contribution is 2.35. The van der Waals surface area contributed by atoms with E-state index in [4.69, 9.17) is 67.4 Å². The number of hydrogen-bond acceptors (Lipinski definition) is 26. The summed E-state index contributed by atoms with van der Waals surface area (Å²) in [5, 5.41) is 57.7. The summed E-state index contributed by atoms with van der Waals surface area (Å²) in [6, 6.07) is 0. The standard InChI is InChI=1S/C44H72N2O17.C19H36N2O5.C7H13NO4/c1-11-15-16-17-18-19-20-21-22-23-45-43(53)56-26-44(46-35(52)14-4,24-54-41-27(5)36(57-28(6)47)37(58-29(7)48)33(12-2)62-41)25-55-42-40(61-32(10)51)39(60-31(9)50)38(59-30(8)49)34(13-3)63-42;1-3-5-6-7-8-9-10-11-12-13-20-18(25)26-16-19(14-22,15-23)21-17(24)4-2;1-2-6(12)8-7(3-9,4-10)5-11/h14,27,33-34,36-42H,4,11-13,15-26H2,1-3,5-10H3,(H,45,53)(H,46,52);4,22-23H,2-3,5-16H2,1H3,(H,20,25)(H,21,24);2,9-11H,1,3-5H2,(H,8,12)/t27?,33?,34?,36-,37-,38-,39+,40?,41-,42-,44?;;/m1../s1. The quantitative estimate of drug-likeness (QED) is 0.0163. The Bertz CT molecular complexity index is 2460. The fourth-order valence-corrected chi connectivity index (χ4v) is 10.5. The number of hydrogen-bond donors (Lipinski definition) is 10. The van der Waals surface area contributed by atoms with Gasteiger partial charge in [0.25, 0.3) is 0 Å². The Morgan fingerprint density at radius 2 is 0.683 bits per heavy atom. The number of aliphatic hydroxyl groups is 5. The minimum atomic E-state index is -1.77. The molecule has 2 rings (SSSR count). The third kappa shape index (κ3) is 38.9. The van der Waals surface area contributed by atoms with Gasteiger partial charge in [-0.1, -0.05) is 157 Å². The van der Waals surface area contributed by atoms with E-state index in [1.807, 2.05) is 0 Å². The first-order chi connectivity index (χ1) is 48.1. The molecule has 5 amide bonds. The summed E-state index contributed by atoms with van der Waals surface area (Å²) < 4.78 is 63.7. The predicted molar refractivity (Wildman–Crippen MR) is 369 cm³/mol. The van der Waals surface area contributed by atoms with Crippen molar-refractivity contribution >= 4 is 59.8 Å². The highest BCUT2D eigenvalue weighted by molar-refractivity contribution is 5.88. The molecule has 2 aliphatic heterocycles. The third-order valence-electron chi connectivity index (χ3n) is 16.2. The van der Waals surface area contributed by atoms with Crippen molar-refractivity contribution in [3.05, 3.63) is 38.0 Å². The van der Waals surface area contributed by atoms with Crippen LogP contribution >= 0.6 is 0 Å². The zero-order chi connectivity index (χ0) is 76.4. The molecule has 11 atom stereocenters. The van der Waals surface area contributed by atoms with Gasteiger partial charge in [0.05, 0.1) is 46.2 Å². The molecule has 10 N–H and O–H groups in total. The van der Waals surface area contributed by atoms with Crippen LogP contribution in [0.4, 0.5) is 9.59 Å². The average Bonchev–Trinajstić information content (AvgIpc) is 0.790. The van der Waals surface area contributed by atoms with E-state index in [-0.39, 0.29) is 13.0 Å². The van der Waals surface area contributed by atoms with Crippen molar-refractivity contribution in [3.8, 4) is 0 Å². The first kappa shape index (κ1) is 94.2. The summed E-state index contributed by atoms with van der Waals surface area (Å²) in [5.74, 6) is -6.13. The average molecular weight is 1450 g/mol. The third-order valence-corrected chi connectivity index (χ3v) is 16.2. The molecule has 0 bridgehead atoms. The second-order valence-electron chi connectivity index (χ2n) is 25.1. The van der Waals surface area contributed by atoms with Gasteiger partial charge in [0.2, 0.25) is 17.7 Å². The first-order valence-electron chi connectivity index (χ1n) is 35.2. The van der Waals surface area contributed by atoms with Gasteiger partial charge >= 0.3 is 42.0 Å². The maximum absolute atomic E-state index is 13.2. The number of carbonyl (C=O) groups excluding carboxylic acids is 10. The van der Waals surface area contributed by atoms with Crippen LogP contribution in [0.2, 0.25) is 0 Å². The van der Waals surface area contributed by atoms with Crippen molar-refractivity contribution in [1.29, 1.82) is 0 Å². The van der Waals surface area contributed by atoms with Crippen LogP contribution in [0.15, 0.2) is 38.0 Å². The van der Waals surface area contributed by atoms with Crippen molar-refractivity contribution in [3.63, 3.8) is 0 Å². The molecular weight excluding hydrogens is 1330 g/mol. The normalized spacial score (nSPS) is 20.7. The largest absolute Gasteiger partial charge is 0.458 e. The number of aliphatic hydroxyl groups excluding tert-OH is 5. The molecule has 31 heteroatoms. The summed E-state index contributed by atoms with van der Waals surface area (Å²) in [4.78, 5) is 122. The Kier molecular flexibility index (Phi) is 50.3. The number of esters is 5. The smallest absolute Gasteiger partial charge is 0.407 e. The van der Waals surface area contributed by atoms with Crippen LogP contribution in [0, 0.1) is 5.92 Å². The van der Waals surface area contributed by atoms with E-state index in [9.17, 15) is 58.2 Å². The Balaban J connectivity index is 0.00000214. The summed E-state index contributed by atoms with van der Waals surface area (Å²) in [6.45, 7) is 21.7. The van der Waals surface area contributed by atoms with E-state index >= 15 is 0 Å². The number of alkyl carbamates (subject to hydrolysis) is 2. The molecule has 101 heavy (non-hydrogen) atoms. The molecule has 0 aromatic rings. The van der Waals surface area contributed by atoms with Crippen molar-refractivity contribution in [2.75, 3.05) is 72.6 Å². The number of amides is 5. The summed E-state index contributed by atoms with van der Waals surface area (Å²) in [6.07, 6.45) is 12.3. The topological polar surface area (TPSA) is 434 Å². The van der Waals surface area contributed by atoms with E-state index in [2.05, 4.69) is 60.2 Å². The van der Waals surface area contributed by atoms with Crippen LogP contribution in [0.1, 0.15) is 198 Å². The molecule has 0 aromatic carbocycles. The number of unbranched alkanes of at least 4 members (excludes halogenated alkanes) is 16. The Labute approximate surface area is 595 Å². The highest BCUT2D eigenvalue weighted by Gasteiger charge is 2.54. The second kappa shape index (κ2) is 53.9. The zero-order valence-corrected chi connectivity index (χ0v) is 61.4. The molecule has 2 aliphatic rings. The fraction of sp³-hybridized carbons (Fsp3) is 0.771. The molecular formula is C70H121N5O26. The molecule has 0 radical (unpaired) electrons. The number of rotatable bonds is 48. The van der Waals surface area contributed by atoms with Gasteiger partial charge in [0.15, 0.2) is 37.0 Å². The first-order valence-corrected chi connectivity index (χ1v) is 35.2. The maximum Gasteiger partial charge on any atom is 0.407 e. The molecule has 2 fully saturated rings. The van der Waals surface area contributed by atoms with Crippen LogP contribution < -0.4 is 26.6 Å². The lowest BCUT2D eigenvalue weighted by Gasteiger charge is -2.46. The van der Waals surface area contributed by atoms with Crippen molar-refractivity contribution in [1.82, 2.24) is 26.6 Å². The molecule has 0 saturated carbocycles. The van der Waals surface area contributed by atoms with Gasteiger partial charge in [-0.3, -0.25) is 38.4 Å². The SMILES string of the molecule is C=CC(=O)NC(CO)(CO)CO.C=CC(=O)NC(CO)(CO)COC(=O)NCCCCCCCCCCC.C=CC(=O)NC(COC(=O)NCCCCCCCCCCC)(CO[C@@H]1OC(CC)[C@@H](OC(C)=O)[C@H](OC(C)=O)C1C)CO[C@@H]1OC(CC)[C@@H](OC(C)=O)[C@H](OC(C)=O)C1OC(C)=O. The Hall–Kier alpha value is -6.84. The van der Waals surface area contributed by atoms with Gasteiger partial charge < -0.3 is 104 Å². The molecule has 5 unspecified atom stereocenters. The van der Waals surface area contributed by atoms with E-state index < -0.39 is 190 Å². The molecule has 0 spiro atoms. The lowest BCUT2D eigenvalue weighted by molar-refractivity contribution is -0.311. The fourth-order valence-electron chi connectivity index (χ4n) is 10.5. The summed E-state index contributed by atoms with van der Waals surface area (Å²) >= 11 is 0. The van der Waals surface area contributed by atoms with E-state index in [0.29, 0.717) is 19.5 Å². The van der Waals surface area contributed by atoms with Crippen LogP contribution in [-0.2, 0) is 90.5 Å². The van der Waals surface area contributed by atoms with Crippen LogP contribution in [0.25, 0.3) is 0 Å². The van der Waals surface area contributed by atoms with Crippen molar-refractivity contribution in [2.24, 2.45) is 5.92 Å². The molecule has 0 aliphatic carbocycles. The van der Waals surface area contributed by atoms with Gasteiger partial charge in [-0.2, -0.15) is 0 Å². The maximum atomic E-state index is 13.2. The number of carbonyl (C=O) groups is 10. The molecule has 2 saturated heterocycles. The molecule has 2 heterocycles. The molecule has 0 aromatic heterocycles. The lowest BCUT2D eigenvalue weighted by Crippen LogP contribution is -2.64. The van der Waals surface area contributed by atoms with Crippen molar-refractivity contribution in [2.45, 2.75) is 270 Å². The molecule has 582 valence electrons. The number of ether oxygens (including phenoxy) is 11. The monoisotopic (exact) mass is 1450 g/mol. The van der Waals surface area contributed by atoms with Crippen molar-refractivity contribution < 1.29 is 126 Å². The van der Waals surface area contributed by atoms with Gasteiger partial charge in [-0.15, -0.1) is 0 Å². The van der Waals surface area contributed by atoms with Gasteiger partial charge in [0.1, 0.15) is 48.1 Å². The minimum Gasteiger partial charge on any atom is -0.458 e. The van der Waals surface area contributed by atoms with E-state index in [1.165, 1.54) is 84.5 Å². The van der Waals surface area contributed by atoms with E-state index in [0.717, 1.165) is 83.9 Å². The highest BCUT2D eigenvalue weighted by atomic mass is 16.7. The van der Waals surface area contributed by atoms with Crippen LogP contribution in [-0.4, -0.2) is 230 Å². The van der Waals surface area contributed by atoms with Gasteiger partial charge in [-0.05, 0) is 43.9 Å². The lowest BCUT2D eigenvalue weighted by atomic mass is 9.90. The van der Waals surface area contributed by atoms with Gasteiger partial charge in [0, 0.05) is 53.6 Å². The van der Waals surface area contributed by atoms with E-state index in [1.54, 1.807) is 20.8 Å². The second-order valence-corrected chi connectivity index (χ2v) is 25.1. The Morgan fingerprint density at radius 3 is 1.04 bits per heavy atom. The summed E-state index contributed by atoms with van der Waals surface area (Å²) in [5.41, 5.74) is -4.55. The number of nitrogens with one attached hydrogen (secondary N) is 5. The predicted octanol–water partition coefficient (Wildman–Crippen LogP) is 5.16. The molecule has 31 nitrogen and oxygen atoms in total. The van der Waals surface area contributed by atoms with Crippen LogP contribution in [0.3, 0.4) is 0 Å².